The zero-order valence-electron chi connectivity index (χ0n) is 15.2. The Labute approximate surface area is 145 Å². The van der Waals surface area contributed by atoms with Gasteiger partial charge in [0.2, 0.25) is 0 Å². The minimum absolute atomic E-state index is 0.213. The minimum Gasteiger partial charge on any atom is -0.341 e. The van der Waals surface area contributed by atoms with Gasteiger partial charge >= 0.3 is 0 Å². The van der Waals surface area contributed by atoms with Crippen molar-refractivity contribution in [2.45, 2.75) is 58.7 Å². The second kappa shape index (κ2) is 6.45. The van der Waals surface area contributed by atoms with Crippen molar-refractivity contribution in [3.05, 3.63) is 41.6 Å². The van der Waals surface area contributed by atoms with Gasteiger partial charge in [-0.1, -0.05) is 12.1 Å². The molecule has 1 aliphatic heterocycles. The van der Waals surface area contributed by atoms with Gasteiger partial charge in [-0.3, -0.25) is 4.90 Å². The highest BCUT2D eigenvalue weighted by Crippen LogP contribution is 2.28. The fourth-order valence-corrected chi connectivity index (χ4v) is 3.87. The number of aromatic nitrogens is 1. The van der Waals surface area contributed by atoms with E-state index in [1.807, 2.05) is 12.1 Å². The van der Waals surface area contributed by atoms with E-state index >= 15 is 0 Å². The second-order valence-corrected chi connectivity index (χ2v) is 7.63. The van der Waals surface area contributed by atoms with E-state index in [1.54, 1.807) is 0 Å². The molecular weight excluding hydrogens is 294 g/mol. The van der Waals surface area contributed by atoms with E-state index in [9.17, 15) is 0 Å². The maximum absolute atomic E-state index is 9.14. The van der Waals surface area contributed by atoms with Gasteiger partial charge in [0, 0.05) is 34.7 Å². The lowest BCUT2D eigenvalue weighted by atomic mass is 10.0. The Hall–Kier alpha value is -2.05. The third-order valence-corrected chi connectivity index (χ3v) is 5.03. The maximum Gasteiger partial charge on any atom is 0.0992 e. The molecule has 1 aliphatic rings. The Morgan fingerprint density at radius 2 is 2.08 bits per heavy atom. The molecule has 1 saturated heterocycles. The standard InChI is InChI=1S/C21H27N3/c1-5-23-19(14-17-9-8-16(15-22)13-20(17)23)11-10-18-7-6-12-24(18)21(2,3)4/h8-11,13-14,18H,5-7,12H2,1-4H3/t18-/m0/s1. The number of benzene rings is 1. The molecule has 0 bridgehead atoms. The van der Waals surface area contributed by atoms with Gasteiger partial charge in [-0.05, 0) is 71.4 Å². The van der Waals surface area contributed by atoms with Crippen molar-refractivity contribution in [3.63, 3.8) is 0 Å². The van der Waals surface area contributed by atoms with Gasteiger partial charge in [0.05, 0.1) is 11.6 Å². The number of fused-ring (bicyclic) bond motifs is 1. The van der Waals surface area contributed by atoms with Crippen molar-refractivity contribution >= 4 is 17.0 Å². The number of rotatable bonds is 3. The summed E-state index contributed by atoms with van der Waals surface area (Å²) in [6, 6.07) is 10.9. The third kappa shape index (κ3) is 3.12. The van der Waals surface area contributed by atoms with Crippen LogP contribution in [-0.2, 0) is 6.54 Å². The molecule has 1 fully saturated rings. The van der Waals surface area contributed by atoms with Gasteiger partial charge in [0.15, 0.2) is 0 Å². The number of likely N-dealkylation sites (tertiary alicyclic amines) is 1. The summed E-state index contributed by atoms with van der Waals surface area (Å²) in [5.41, 5.74) is 3.31. The van der Waals surface area contributed by atoms with Crippen LogP contribution >= 0.6 is 0 Å². The average Bonchev–Trinajstić information content (AvgIpc) is 3.15. The summed E-state index contributed by atoms with van der Waals surface area (Å²) in [5, 5.41) is 10.3. The molecule has 1 aromatic heterocycles. The van der Waals surface area contributed by atoms with Crippen molar-refractivity contribution in [2.24, 2.45) is 0 Å². The average molecular weight is 321 g/mol. The van der Waals surface area contributed by atoms with Gasteiger partial charge in [-0.15, -0.1) is 0 Å². The van der Waals surface area contributed by atoms with E-state index in [-0.39, 0.29) is 5.54 Å². The van der Waals surface area contributed by atoms with Crippen LogP contribution in [0.25, 0.3) is 17.0 Å². The summed E-state index contributed by atoms with van der Waals surface area (Å²) < 4.78 is 2.29. The van der Waals surface area contributed by atoms with E-state index in [2.05, 4.69) is 67.5 Å². The molecule has 1 atom stereocenters. The monoisotopic (exact) mass is 321 g/mol. The van der Waals surface area contributed by atoms with Crippen LogP contribution in [-0.4, -0.2) is 27.6 Å². The van der Waals surface area contributed by atoms with Crippen LogP contribution in [0, 0.1) is 11.3 Å². The zero-order chi connectivity index (χ0) is 17.3. The van der Waals surface area contributed by atoms with Crippen molar-refractivity contribution in [3.8, 4) is 6.07 Å². The first-order valence-electron chi connectivity index (χ1n) is 8.92. The van der Waals surface area contributed by atoms with E-state index < -0.39 is 0 Å². The molecule has 3 rings (SSSR count). The molecule has 2 aromatic rings. The molecule has 0 spiro atoms. The largest absolute Gasteiger partial charge is 0.341 e. The lowest BCUT2D eigenvalue weighted by Crippen LogP contribution is -2.43. The maximum atomic E-state index is 9.14. The second-order valence-electron chi connectivity index (χ2n) is 7.63. The molecule has 0 N–H and O–H groups in total. The number of hydrogen-bond donors (Lipinski definition) is 0. The quantitative estimate of drug-likeness (QED) is 0.812. The molecule has 24 heavy (non-hydrogen) atoms. The van der Waals surface area contributed by atoms with E-state index in [0.29, 0.717) is 6.04 Å². The van der Waals surface area contributed by atoms with Crippen molar-refractivity contribution < 1.29 is 0 Å². The van der Waals surface area contributed by atoms with Gasteiger partial charge in [-0.25, -0.2) is 0 Å². The summed E-state index contributed by atoms with van der Waals surface area (Å²) in [4.78, 5) is 2.59. The predicted octanol–water partition coefficient (Wildman–Crippen LogP) is 4.81. The Bertz CT molecular complexity index is 799. The molecule has 3 nitrogen and oxygen atoms in total. The Balaban J connectivity index is 1.94. The Morgan fingerprint density at radius 3 is 2.75 bits per heavy atom. The SMILES string of the molecule is CCn1c(C=C[C@@H]2CCCN2C(C)(C)C)cc2ccc(C#N)cc21. The topological polar surface area (TPSA) is 32.0 Å². The van der Waals surface area contributed by atoms with Crippen molar-refractivity contribution in [1.82, 2.24) is 9.47 Å². The van der Waals surface area contributed by atoms with Gasteiger partial charge < -0.3 is 4.57 Å². The van der Waals surface area contributed by atoms with E-state index in [4.69, 9.17) is 5.26 Å². The number of aryl methyl sites for hydroxylation is 1. The number of nitrogens with zero attached hydrogens (tertiary/aromatic N) is 3. The first-order chi connectivity index (χ1) is 11.4. The first kappa shape index (κ1) is 16.8. The molecule has 126 valence electrons. The highest BCUT2D eigenvalue weighted by atomic mass is 15.2. The van der Waals surface area contributed by atoms with Gasteiger partial charge in [0.1, 0.15) is 0 Å². The smallest absolute Gasteiger partial charge is 0.0992 e. The summed E-state index contributed by atoms with van der Waals surface area (Å²) >= 11 is 0. The normalized spacial score (nSPS) is 19.4. The molecule has 2 heterocycles. The highest BCUT2D eigenvalue weighted by Gasteiger charge is 2.31. The molecule has 0 unspecified atom stereocenters. The van der Waals surface area contributed by atoms with E-state index in [0.717, 1.165) is 17.6 Å². The van der Waals surface area contributed by atoms with Crippen molar-refractivity contribution in [1.29, 1.82) is 5.26 Å². The predicted molar refractivity (Wildman–Crippen MR) is 101 cm³/mol. The Morgan fingerprint density at radius 1 is 1.29 bits per heavy atom. The molecule has 0 aliphatic carbocycles. The third-order valence-electron chi connectivity index (χ3n) is 5.03. The van der Waals surface area contributed by atoms with Crippen LogP contribution in [0.1, 0.15) is 51.8 Å². The zero-order valence-corrected chi connectivity index (χ0v) is 15.2. The van der Waals surface area contributed by atoms with E-state index in [1.165, 1.54) is 30.5 Å². The lowest BCUT2D eigenvalue weighted by Gasteiger charge is -2.35. The fraction of sp³-hybridized carbons (Fsp3) is 0.476. The van der Waals surface area contributed by atoms with Crippen LogP contribution < -0.4 is 0 Å². The minimum atomic E-state index is 0.213. The molecular formula is C21H27N3. The summed E-state index contributed by atoms with van der Waals surface area (Å²) in [6.07, 6.45) is 7.14. The number of nitriles is 1. The molecule has 0 radical (unpaired) electrons. The lowest BCUT2D eigenvalue weighted by molar-refractivity contribution is 0.144. The first-order valence-corrected chi connectivity index (χ1v) is 8.92. The summed E-state index contributed by atoms with van der Waals surface area (Å²) in [7, 11) is 0. The van der Waals surface area contributed by atoms with Crippen LogP contribution in [0.4, 0.5) is 0 Å². The van der Waals surface area contributed by atoms with Gasteiger partial charge in [-0.2, -0.15) is 5.26 Å². The number of hydrogen-bond acceptors (Lipinski definition) is 2. The Kier molecular flexibility index (Phi) is 4.51. The molecule has 3 heteroatoms. The summed E-state index contributed by atoms with van der Waals surface area (Å²) in [6.45, 7) is 11.1. The summed E-state index contributed by atoms with van der Waals surface area (Å²) in [5.74, 6) is 0. The van der Waals surface area contributed by atoms with Crippen molar-refractivity contribution in [2.75, 3.05) is 6.54 Å². The van der Waals surface area contributed by atoms with Crippen LogP contribution in [0.3, 0.4) is 0 Å². The van der Waals surface area contributed by atoms with Crippen LogP contribution in [0.15, 0.2) is 30.3 Å². The molecule has 0 amide bonds. The van der Waals surface area contributed by atoms with Crippen LogP contribution in [0.2, 0.25) is 0 Å². The molecule has 1 aromatic carbocycles. The molecule has 0 saturated carbocycles. The van der Waals surface area contributed by atoms with Crippen LogP contribution in [0.5, 0.6) is 0 Å². The fourth-order valence-electron chi connectivity index (χ4n) is 3.87. The highest BCUT2D eigenvalue weighted by molar-refractivity contribution is 5.85. The van der Waals surface area contributed by atoms with Gasteiger partial charge in [0.25, 0.3) is 0 Å².